The molecule has 3 rings (SSSR count). The normalized spacial score (nSPS) is 14.3. The highest BCUT2D eigenvalue weighted by molar-refractivity contribution is 5.65. The second-order valence-electron chi connectivity index (χ2n) is 7.40. The van der Waals surface area contributed by atoms with Crippen LogP contribution in [0.3, 0.4) is 0 Å². The molecule has 0 aromatic carbocycles. The van der Waals surface area contributed by atoms with Crippen LogP contribution in [0.5, 0.6) is 5.75 Å². The highest BCUT2D eigenvalue weighted by Gasteiger charge is 2.33. The zero-order chi connectivity index (χ0) is 21.9. The molecule has 0 aliphatic heterocycles. The molecule has 0 amide bonds. The molecule has 1 saturated carbocycles. The minimum atomic E-state index is -4.85. The molecule has 0 bridgehead atoms. The number of nitrogen functional groups attached to an aromatic ring is 1. The molecule has 2 N–H and O–H groups in total. The Labute approximate surface area is 173 Å². The van der Waals surface area contributed by atoms with E-state index in [1.54, 1.807) is 13.3 Å². The molecular weight excluding hydrogens is 399 g/mol. The van der Waals surface area contributed by atoms with Crippen molar-refractivity contribution < 1.29 is 22.6 Å². The first kappa shape index (κ1) is 22.1. The van der Waals surface area contributed by atoms with Crippen LogP contribution in [0.25, 0.3) is 17.0 Å². The van der Waals surface area contributed by atoms with Crippen molar-refractivity contribution in [2.24, 2.45) is 0 Å². The third-order valence-corrected chi connectivity index (χ3v) is 4.88. The van der Waals surface area contributed by atoms with Crippen molar-refractivity contribution in [2.45, 2.75) is 31.5 Å². The average Bonchev–Trinajstić information content (AvgIpc) is 3.43. The molecule has 0 spiro atoms. The van der Waals surface area contributed by atoms with Gasteiger partial charge in [0.1, 0.15) is 5.82 Å². The number of rotatable bonds is 10. The summed E-state index contributed by atoms with van der Waals surface area (Å²) < 4.78 is 48.9. The van der Waals surface area contributed by atoms with E-state index in [1.165, 1.54) is 12.3 Å². The maximum absolute atomic E-state index is 12.6. The molecule has 0 saturated heterocycles. The van der Waals surface area contributed by atoms with Gasteiger partial charge in [-0.2, -0.15) is 0 Å². The minimum absolute atomic E-state index is 0.328. The van der Waals surface area contributed by atoms with Crippen LogP contribution in [0.1, 0.15) is 31.0 Å². The molecule has 7 nitrogen and oxygen atoms in total. The van der Waals surface area contributed by atoms with Crippen LogP contribution in [-0.4, -0.2) is 59.7 Å². The van der Waals surface area contributed by atoms with Crippen LogP contribution in [0, 0.1) is 0 Å². The van der Waals surface area contributed by atoms with Crippen LogP contribution in [-0.2, 0) is 4.74 Å². The largest absolute Gasteiger partial charge is 0.573 e. The highest BCUT2D eigenvalue weighted by atomic mass is 19.4. The number of anilines is 1. The van der Waals surface area contributed by atoms with Gasteiger partial charge >= 0.3 is 6.36 Å². The molecule has 1 fully saturated rings. The Morgan fingerprint density at radius 2 is 2.10 bits per heavy atom. The van der Waals surface area contributed by atoms with E-state index in [2.05, 4.69) is 26.2 Å². The second-order valence-corrected chi connectivity index (χ2v) is 7.40. The third-order valence-electron chi connectivity index (χ3n) is 4.88. The summed E-state index contributed by atoms with van der Waals surface area (Å²) in [4.78, 5) is 10.6. The van der Waals surface area contributed by atoms with E-state index in [0.717, 1.165) is 43.9 Å². The van der Waals surface area contributed by atoms with Crippen LogP contribution in [0.4, 0.5) is 19.0 Å². The molecule has 30 heavy (non-hydrogen) atoms. The molecule has 10 heteroatoms. The van der Waals surface area contributed by atoms with E-state index < -0.39 is 12.1 Å². The van der Waals surface area contributed by atoms with Crippen molar-refractivity contribution in [1.82, 2.24) is 19.4 Å². The average molecular weight is 425 g/mol. The molecule has 164 valence electrons. The van der Waals surface area contributed by atoms with Gasteiger partial charge in [-0.25, -0.2) is 9.97 Å². The van der Waals surface area contributed by atoms with E-state index in [-0.39, 0.29) is 5.82 Å². The maximum Gasteiger partial charge on any atom is 0.573 e. The quantitative estimate of drug-likeness (QED) is 0.625. The van der Waals surface area contributed by atoms with E-state index in [9.17, 15) is 13.2 Å². The monoisotopic (exact) mass is 425 g/mol. The van der Waals surface area contributed by atoms with Crippen molar-refractivity contribution in [3.8, 4) is 17.0 Å². The topological polar surface area (TPSA) is 78.4 Å². The summed E-state index contributed by atoms with van der Waals surface area (Å²) >= 11 is 0. The summed E-state index contributed by atoms with van der Waals surface area (Å²) in [5, 5.41) is 0. The first-order valence-electron chi connectivity index (χ1n) is 9.64. The molecule has 2 heterocycles. The molecular formula is C20H26F3N5O2. The van der Waals surface area contributed by atoms with Gasteiger partial charge in [-0.3, -0.25) is 0 Å². The fourth-order valence-corrected chi connectivity index (χ4v) is 3.02. The van der Waals surface area contributed by atoms with Gasteiger partial charge in [-0.15, -0.1) is 13.2 Å². The van der Waals surface area contributed by atoms with Crippen LogP contribution < -0.4 is 10.5 Å². The SMILES string of the molecule is C=C(CCN(C)CCOC)n1cc(-c2cnc(N)c(OC(F)(F)F)c2)nc1C1CC1. The number of methoxy groups -OCH3 is 1. The number of alkyl halides is 3. The standard InChI is InChI=1S/C20H26F3N5O2/c1-13(6-7-27(2)8-9-29-3)28-12-16(26-19(28)14-4-5-14)15-10-17(18(24)25-11-15)30-20(21,22)23/h10-12,14H,1,4-9H2,2-3H3,(H2,24,25). The van der Waals surface area contributed by atoms with Crippen LogP contribution >= 0.6 is 0 Å². The summed E-state index contributed by atoms with van der Waals surface area (Å²) in [5.74, 6) is 0.321. The van der Waals surface area contributed by atoms with Gasteiger partial charge in [0.25, 0.3) is 0 Å². The van der Waals surface area contributed by atoms with Gasteiger partial charge in [0.05, 0.1) is 12.3 Å². The van der Waals surface area contributed by atoms with E-state index in [1.807, 2.05) is 11.6 Å². The number of hydrogen-bond donors (Lipinski definition) is 1. The Morgan fingerprint density at radius 1 is 1.37 bits per heavy atom. The van der Waals surface area contributed by atoms with Crippen LogP contribution in [0.15, 0.2) is 25.0 Å². The van der Waals surface area contributed by atoms with Gasteiger partial charge in [0.15, 0.2) is 11.6 Å². The third kappa shape index (κ3) is 5.73. The molecule has 1 aliphatic rings. The summed E-state index contributed by atoms with van der Waals surface area (Å²) in [7, 11) is 3.68. The Balaban J connectivity index is 1.81. The number of ether oxygens (including phenoxy) is 2. The van der Waals surface area contributed by atoms with Gasteiger partial charge < -0.3 is 24.7 Å². The van der Waals surface area contributed by atoms with Crippen molar-refractivity contribution in [1.29, 1.82) is 0 Å². The molecule has 0 atom stereocenters. The summed E-state index contributed by atoms with van der Waals surface area (Å²) in [6, 6.07) is 1.21. The molecule has 0 radical (unpaired) electrons. The first-order chi connectivity index (χ1) is 14.2. The van der Waals surface area contributed by atoms with Gasteiger partial charge in [0, 0.05) is 56.2 Å². The van der Waals surface area contributed by atoms with Crippen molar-refractivity contribution in [3.63, 3.8) is 0 Å². The number of nitrogens with zero attached hydrogens (tertiary/aromatic N) is 4. The lowest BCUT2D eigenvalue weighted by Crippen LogP contribution is -2.24. The zero-order valence-corrected chi connectivity index (χ0v) is 17.1. The fourth-order valence-electron chi connectivity index (χ4n) is 3.02. The predicted octanol–water partition coefficient (Wildman–Crippen LogP) is 3.74. The Morgan fingerprint density at radius 3 is 2.73 bits per heavy atom. The molecule has 2 aromatic heterocycles. The first-order valence-corrected chi connectivity index (χ1v) is 9.64. The van der Waals surface area contributed by atoms with Crippen molar-refractivity contribution >= 4 is 11.5 Å². The second kappa shape index (κ2) is 9.05. The number of hydrogen-bond acceptors (Lipinski definition) is 6. The van der Waals surface area contributed by atoms with E-state index >= 15 is 0 Å². The lowest BCUT2D eigenvalue weighted by molar-refractivity contribution is -0.274. The summed E-state index contributed by atoms with van der Waals surface area (Å²) in [5.41, 5.74) is 7.30. The summed E-state index contributed by atoms with van der Waals surface area (Å²) in [6.07, 6.45) is 1.10. The number of imidazole rings is 1. The Bertz CT molecular complexity index is 893. The maximum atomic E-state index is 12.6. The molecule has 1 aliphatic carbocycles. The number of halogens is 3. The zero-order valence-electron chi connectivity index (χ0n) is 17.1. The number of nitrogens with two attached hydrogens (primary N) is 1. The number of likely N-dealkylation sites (N-methyl/N-ethyl adjacent to an activating group) is 1. The number of pyridine rings is 1. The number of aromatic nitrogens is 3. The fraction of sp³-hybridized carbons (Fsp3) is 0.500. The minimum Gasteiger partial charge on any atom is -0.402 e. The Hall–Kier alpha value is -2.59. The summed E-state index contributed by atoms with van der Waals surface area (Å²) in [6.45, 7) is 6.45. The van der Waals surface area contributed by atoms with E-state index in [0.29, 0.717) is 23.8 Å². The molecule has 2 aromatic rings. The van der Waals surface area contributed by atoms with Gasteiger partial charge in [-0.05, 0) is 26.0 Å². The van der Waals surface area contributed by atoms with E-state index in [4.69, 9.17) is 10.5 Å². The predicted molar refractivity (Wildman–Crippen MR) is 108 cm³/mol. The van der Waals surface area contributed by atoms with Gasteiger partial charge in [0.2, 0.25) is 0 Å². The van der Waals surface area contributed by atoms with Gasteiger partial charge in [-0.1, -0.05) is 6.58 Å². The van der Waals surface area contributed by atoms with Crippen molar-refractivity contribution in [2.75, 3.05) is 39.6 Å². The Kier molecular flexibility index (Phi) is 6.67. The smallest absolute Gasteiger partial charge is 0.402 e. The lowest BCUT2D eigenvalue weighted by Gasteiger charge is -2.17. The van der Waals surface area contributed by atoms with Crippen molar-refractivity contribution in [3.05, 3.63) is 30.9 Å². The highest BCUT2D eigenvalue weighted by Crippen LogP contribution is 2.41. The van der Waals surface area contributed by atoms with Crippen LogP contribution in [0.2, 0.25) is 0 Å². The molecule has 0 unspecified atom stereocenters. The lowest BCUT2D eigenvalue weighted by atomic mass is 10.2.